The lowest BCUT2D eigenvalue weighted by Crippen LogP contribution is -2.51. The van der Waals surface area contributed by atoms with Gasteiger partial charge in [-0.15, -0.1) is 0 Å². The van der Waals surface area contributed by atoms with Gasteiger partial charge in [0, 0.05) is 31.6 Å². The maximum absolute atomic E-state index is 12.7. The van der Waals surface area contributed by atoms with Gasteiger partial charge in [-0.2, -0.15) is 17.0 Å². The summed E-state index contributed by atoms with van der Waals surface area (Å²) in [6.07, 6.45) is 5.64. The van der Waals surface area contributed by atoms with Crippen molar-refractivity contribution in [3.63, 3.8) is 0 Å². The maximum atomic E-state index is 12.7. The Hall–Kier alpha value is -0.240. The Bertz CT molecular complexity index is 448. The van der Waals surface area contributed by atoms with Crippen LogP contribution >= 0.6 is 12.2 Å². The van der Waals surface area contributed by atoms with Crippen molar-refractivity contribution in [2.24, 2.45) is 11.1 Å². The summed E-state index contributed by atoms with van der Waals surface area (Å²) in [7, 11) is -3.30. The van der Waals surface area contributed by atoms with Gasteiger partial charge in [0.25, 0.3) is 10.2 Å². The first-order valence-corrected chi connectivity index (χ1v) is 9.22. The largest absolute Gasteiger partial charge is 0.393 e. The minimum Gasteiger partial charge on any atom is -0.393 e. The molecule has 0 aromatic carbocycles. The lowest BCUT2D eigenvalue weighted by atomic mass is 9.81. The minimum atomic E-state index is -3.30. The number of thiocarbonyl (C=S) groups is 1. The van der Waals surface area contributed by atoms with Gasteiger partial charge >= 0.3 is 0 Å². The normalized spacial score (nSPS) is 26.1. The van der Waals surface area contributed by atoms with Gasteiger partial charge in [0.1, 0.15) is 0 Å². The second kappa shape index (κ2) is 6.25. The van der Waals surface area contributed by atoms with Crippen LogP contribution < -0.4 is 5.73 Å². The van der Waals surface area contributed by atoms with E-state index in [9.17, 15) is 8.42 Å². The smallest absolute Gasteiger partial charge is 0.281 e. The quantitative estimate of drug-likeness (QED) is 0.801. The first-order chi connectivity index (χ1) is 9.36. The third kappa shape index (κ3) is 3.32. The van der Waals surface area contributed by atoms with Crippen LogP contribution in [0.2, 0.25) is 0 Å². The number of nitrogens with zero attached hydrogens (tertiary/aromatic N) is 2. The molecule has 0 radical (unpaired) electrons. The summed E-state index contributed by atoms with van der Waals surface area (Å²) < 4.78 is 28.6. The standard InChI is InChI=1S/C13H25N3O2S2/c1-13(12(14)19)6-10-16(11-7-13)20(17,18)15-8-4-2-3-5-9-15/h2-11H2,1H3,(H2,14,19). The van der Waals surface area contributed by atoms with E-state index in [4.69, 9.17) is 18.0 Å². The fraction of sp³-hybridized carbons (Fsp3) is 0.923. The Morgan fingerprint density at radius 1 is 1.00 bits per heavy atom. The van der Waals surface area contributed by atoms with E-state index in [1.807, 2.05) is 6.92 Å². The molecular formula is C13H25N3O2S2. The Kier molecular flexibility index (Phi) is 5.05. The molecule has 0 aromatic heterocycles. The molecular weight excluding hydrogens is 294 g/mol. The van der Waals surface area contributed by atoms with Crippen LogP contribution in [0.5, 0.6) is 0 Å². The molecule has 0 saturated carbocycles. The minimum absolute atomic E-state index is 0.194. The molecule has 2 rings (SSSR count). The van der Waals surface area contributed by atoms with Gasteiger partial charge in [-0.3, -0.25) is 0 Å². The van der Waals surface area contributed by atoms with Crippen molar-refractivity contribution in [1.82, 2.24) is 8.61 Å². The fourth-order valence-corrected chi connectivity index (χ4v) is 4.79. The first kappa shape index (κ1) is 16.1. The zero-order valence-electron chi connectivity index (χ0n) is 12.2. The molecule has 2 heterocycles. The average molecular weight is 319 g/mol. The molecule has 0 atom stereocenters. The molecule has 20 heavy (non-hydrogen) atoms. The lowest BCUT2D eigenvalue weighted by molar-refractivity contribution is 0.229. The first-order valence-electron chi connectivity index (χ1n) is 7.41. The van der Waals surface area contributed by atoms with E-state index in [2.05, 4.69) is 0 Å². The second-order valence-electron chi connectivity index (χ2n) is 6.14. The predicted octanol–water partition coefficient (Wildman–Crippen LogP) is 1.50. The maximum Gasteiger partial charge on any atom is 0.281 e. The number of piperidine rings is 1. The highest BCUT2D eigenvalue weighted by Gasteiger charge is 2.38. The van der Waals surface area contributed by atoms with Crippen molar-refractivity contribution in [2.75, 3.05) is 26.2 Å². The summed E-state index contributed by atoms with van der Waals surface area (Å²) in [5, 5.41) is 0. The second-order valence-corrected chi connectivity index (χ2v) is 8.51. The monoisotopic (exact) mass is 319 g/mol. The number of hydrogen-bond acceptors (Lipinski definition) is 3. The van der Waals surface area contributed by atoms with E-state index < -0.39 is 10.2 Å². The van der Waals surface area contributed by atoms with Crippen LogP contribution in [0.4, 0.5) is 0 Å². The summed E-state index contributed by atoms with van der Waals surface area (Å²) in [5.74, 6) is 0. The SMILES string of the molecule is CC1(C(N)=S)CCN(S(=O)(=O)N2CCCCCC2)CC1. The number of hydrogen-bond donors (Lipinski definition) is 1. The molecule has 2 aliphatic rings. The number of nitrogens with two attached hydrogens (primary N) is 1. The van der Waals surface area contributed by atoms with Crippen LogP contribution in [0.1, 0.15) is 45.4 Å². The van der Waals surface area contributed by atoms with Crippen LogP contribution in [-0.2, 0) is 10.2 Å². The van der Waals surface area contributed by atoms with Crippen LogP contribution in [0, 0.1) is 5.41 Å². The highest BCUT2D eigenvalue weighted by atomic mass is 32.2. The van der Waals surface area contributed by atoms with E-state index in [-0.39, 0.29) is 5.41 Å². The highest BCUT2D eigenvalue weighted by molar-refractivity contribution is 7.86. The average Bonchev–Trinajstić information content (AvgIpc) is 2.68. The molecule has 0 bridgehead atoms. The van der Waals surface area contributed by atoms with Gasteiger partial charge in [-0.1, -0.05) is 32.0 Å². The molecule has 2 aliphatic heterocycles. The Labute approximate surface area is 127 Å². The molecule has 2 saturated heterocycles. The van der Waals surface area contributed by atoms with Crippen molar-refractivity contribution < 1.29 is 8.42 Å². The third-order valence-corrected chi connectivity index (χ3v) is 7.17. The Morgan fingerprint density at radius 3 is 1.90 bits per heavy atom. The van der Waals surface area contributed by atoms with E-state index >= 15 is 0 Å². The number of rotatable bonds is 3. The summed E-state index contributed by atoms with van der Waals surface area (Å²) in [4.78, 5) is 0.504. The fourth-order valence-electron chi connectivity index (χ4n) is 2.89. The molecule has 2 N–H and O–H groups in total. The summed E-state index contributed by atoms with van der Waals surface area (Å²) in [5.41, 5.74) is 5.58. The Morgan fingerprint density at radius 2 is 1.45 bits per heavy atom. The lowest BCUT2D eigenvalue weighted by Gasteiger charge is -2.39. The van der Waals surface area contributed by atoms with Crippen molar-refractivity contribution in [3.8, 4) is 0 Å². The van der Waals surface area contributed by atoms with E-state index in [1.165, 1.54) is 0 Å². The van der Waals surface area contributed by atoms with Crippen molar-refractivity contribution in [2.45, 2.75) is 45.4 Å². The van der Waals surface area contributed by atoms with Crippen molar-refractivity contribution in [3.05, 3.63) is 0 Å². The van der Waals surface area contributed by atoms with Crippen molar-refractivity contribution >= 4 is 27.4 Å². The molecule has 0 amide bonds. The third-order valence-electron chi connectivity index (χ3n) is 4.64. The molecule has 0 spiro atoms. The summed E-state index contributed by atoms with van der Waals surface area (Å²) in [6.45, 7) is 4.39. The predicted molar refractivity (Wildman–Crippen MR) is 84.7 cm³/mol. The zero-order chi connectivity index (χ0) is 14.8. The molecule has 0 unspecified atom stereocenters. The van der Waals surface area contributed by atoms with Gasteiger partial charge in [0.2, 0.25) is 0 Å². The van der Waals surface area contributed by atoms with E-state index in [1.54, 1.807) is 8.61 Å². The van der Waals surface area contributed by atoms with Crippen LogP contribution in [0.3, 0.4) is 0 Å². The van der Waals surface area contributed by atoms with Crippen LogP contribution in [0.25, 0.3) is 0 Å². The van der Waals surface area contributed by atoms with E-state index in [0.29, 0.717) is 31.2 Å². The van der Waals surface area contributed by atoms with Gasteiger partial charge in [-0.25, -0.2) is 0 Å². The highest BCUT2D eigenvalue weighted by Crippen LogP contribution is 2.33. The summed E-state index contributed by atoms with van der Waals surface area (Å²) >= 11 is 5.10. The van der Waals surface area contributed by atoms with E-state index in [0.717, 1.165) is 38.5 Å². The molecule has 0 aromatic rings. The zero-order valence-corrected chi connectivity index (χ0v) is 13.8. The molecule has 116 valence electrons. The van der Waals surface area contributed by atoms with Gasteiger partial charge < -0.3 is 5.73 Å². The molecule has 2 fully saturated rings. The van der Waals surface area contributed by atoms with Crippen LogP contribution in [0.15, 0.2) is 0 Å². The van der Waals surface area contributed by atoms with Gasteiger partial charge in [0.05, 0.1) is 4.99 Å². The van der Waals surface area contributed by atoms with Gasteiger partial charge in [0.15, 0.2) is 0 Å². The topological polar surface area (TPSA) is 66.6 Å². The molecule has 0 aliphatic carbocycles. The summed E-state index contributed by atoms with van der Waals surface area (Å²) in [6, 6.07) is 0. The van der Waals surface area contributed by atoms with Crippen LogP contribution in [-0.4, -0.2) is 48.2 Å². The molecule has 5 nitrogen and oxygen atoms in total. The van der Waals surface area contributed by atoms with Gasteiger partial charge in [-0.05, 0) is 25.7 Å². The Balaban J connectivity index is 2.03. The van der Waals surface area contributed by atoms with Crippen molar-refractivity contribution in [1.29, 1.82) is 0 Å². The molecule has 7 heteroatoms.